The van der Waals surface area contributed by atoms with E-state index >= 15 is 0 Å². The minimum Gasteiger partial charge on any atom is -0.506 e. The summed E-state index contributed by atoms with van der Waals surface area (Å²) in [4.78, 5) is 24.7. The molecule has 0 bridgehead atoms. The van der Waals surface area contributed by atoms with Crippen LogP contribution in [-0.2, 0) is 9.53 Å². The number of esters is 1. The highest BCUT2D eigenvalue weighted by Crippen LogP contribution is 2.35. The van der Waals surface area contributed by atoms with E-state index in [1.807, 2.05) is 30.3 Å². The molecule has 122 valence electrons. The van der Waals surface area contributed by atoms with Crippen LogP contribution in [0.4, 0.5) is 10.5 Å². The van der Waals surface area contributed by atoms with Crippen molar-refractivity contribution in [1.29, 1.82) is 0 Å². The van der Waals surface area contributed by atoms with Crippen LogP contribution in [0.2, 0.25) is 0 Å². The van der Waals surface area contributed by atoms with Crippen molar-refractivity contribution in [2.24, 2.45) is 0 Å². The van der Waals surface area contributed by atoms with E-state index in [4.69, 9.17) is 4.74 Å². The highest BCUT2D eigenvalue weighted by Gasteiger charge is 2.41. The van der Waals surface area contributed by atoms with Crippen LogP contribution in [0.5, 0.6) is 5.75 Å². The number of phenolic OH excluding ortho intramolecular Hbond substituents is 1. The van der Waals surface area contributed by atoms with Gasteiger partial charge in [0.05, 0.1) is 5.69 Å². The predicted octanol–water partition coefficient (Wildman–Crippen LogP) is 2.99. The summed E-state index contributed by atoms with van der Waals surface area (Å²) in [5, 5.41) is 12.6. The maximum absolute atomic E-state index is 11.9. The summed E-state index contributed by atoms with van der Waals surface area (Å²) in [5.41, 5.74) is 2.25. The van der Waals surface area contributed by atoms with Gasteiger partial charge in [0.2, 0.25) is 0 Å². The largest absolute Gasteiger partial charge is 0.506 e. The number of carbonyl (C=O) groups is 2. The van der Waals surface area contributed by atoms with Crippen molar-refractivity contribution in [3.8, 4) is 16.9 Å². The molecule has 1 saturated heterocycles. The van der Waals surface area contributed by atoms with Gasteiger partial charge >= 0.3 is 12.0 Å². The van der Waals surface area contributed by atoms with Gasteiger partial charge in [-0.3, -0.25) is 5.32 Å². The van der Waals surface area contributed by atoms with E-state index in [9.17, 15) is 14.7 Å². The molecule has 2 aromatic carbocycles. The van der Waals surface area contributed by atoms with Crippen LogP contribution in [0.15, 0.2) is 60.7 Å². The van der Waals surface area contributed by atoms with Crippen LogP contribution in [0.1, 0.15) is 6.92 Å². The molecule has 3 rings (SSSR count). The maximum atomic E-state index is 11.9. The predicted molar refractivity (Wildman–Crippen MR) is 89.2 cm³/mol. The number of benzene rings is 2. The van der Waals surface area contributed by atoms with E-state index in [0.717, 1.165) is 11.1 Å². The van der Waals surface area contributed by atoms with E-state index in [0.29, 0.717) is 0 Å². The molecule has 1 aliphatic heterocycles. The summed E-state index contributed by atoms with van der Waals surface area (Å²) in [5.74, 6) is -0.704. The standard InChI is InChI=1S/C18H16N2O4/c1-11(2)16(22)24-18-19-17(23)20(18)14-10-13(8-9-15(14)21)12-6-4-3-5-7-12/h3-10,18,21H,1H2,2H3,(H,19,23). The Hall–Kier alpha value is -3.28. The second kappa shape index (κ2) is 6.08. The quantitative estimate of drug-likeness (QED) is 0.669. The molecular formula is C18H16N2O4. The van der Waals surface area contributed by atoms with Crippen molar-refractivity contribution in [3.05, 3.63) is 60.7 Å². The van der Waals surface area contributed by atoms with Gasteiger partial charge in [0.25, 0.3) is 6.35 Å². The molecule has 0 spiro atoms. The fourth-order valence-corrected chi connectivity index (χ4v) is 2.33. The molecule has 0 aromatic heterocycles. The third kappa shape index (κ3) is 2.81. The van der Waals surface area contributed by atoms with Crippen molar-refractivity contribution >= 4 is 17.7 Å². The molecular weight excluding hydrogens is 308 g/mol. The molecule has 1 atom stereocenters. The van der Waals surface area contributed by atoms with Gasteiger partial charge in [-0.2, -0.15) is 0 Å². The lowest BCUT2D eigenvalue weighted by Crippen LogP contribution is -2.67. The number of nitrogens with one attached hydrogen (secondary N) is 1. The van der Waals surface area contributed by atoms with Crippen LogP contribution in [0, 0.1) is 0 Å². The molecule has 2 N–H and O–H groups in total. The third-order valence-electron chi connectivity index (χ3n) is 3.61. The van der Waals surface area contributed by atoms with Gasteiger partial charge in [-0.25, -0.2) is 14.5 Å². The van der Waals surface area contributed by atoms with Crippen molar-refractivity contribution in [2.75, 3.05) is 4.90 Å². The molecule has 2 amide bonds. The molecule has 6 nitrogen and oxygen atoms in total. The first kappa shape index (κ1) is 15.6. The van der Waals surface area contributed by atoms with E-state index in [-0.39, 0.29) is 17.0 Å². The summed E-state index contributed by atoms with van der Waals surface area (Å²) in [7, 11) is 0. The van der Waals surface area contributed by atoms with E-state index in [2.05, 4.69) is 11.9 Å². The summed E-state index contributed by atoms with van der Waals surface area (Å²) in [6, 6.07) is 14.0. The molecule has 0 saturated carbocycles. The van der Waals surface area contributed by atoms with Crippen LogP contribution < -0.4 is 10.2 Å². The first-order valence-corrected chi connectivity index (χ1v) is 7.32. The molecule has 2 aromatic rings. The van der Waals surface area contributed by atoms with Gasteiger partial charge in [-0.15, -0.1) is 0 Å². The Morgan fingerprint density at radius 1 is 1.21 bits per heavy atom. The lowest BCUT2D eigenvalue weighted by molar-refractivity contribution is -0.146. The molecule has 1 unspecified atom stereocenters. The fraction of sp³-hybridized carbons (Fsp3) is 0.111. The lowest BCUT2D eigenvalue weighted by Gasteiger charge is -2.40. The molecule has 1 heterocycles. The van der Waals surface area contributed by atoms with Gasteiger partial charge in [0, 0.05) is 5.57 Å². The van der Waals surface area contributed by atoms with E-state index in [1.165, 1.54) is 17.9 Å². The second-order valence-corrected chi connectivity index (χ2v) is 5.43. The number of nitrogens with zero attached hydrogens (tertiary/aromatic N) is 1. The molecule has 0 radical (unpaired) electrons. The van der Waals surface area contributed by atoms with Crippen molar-refractivity contribution in [2.45, 2.75) is 13.3 Å². The van der Waals surface area contributed by atoms with Crippen LogP contribution in [0.3, 0.4) is 0 Å². The maximum Gasteiger partial charge on any atom is 0.336 e. The minimum atomic E-state index is -0.973. The number of hydrogen-bond donors (Lipinski definition) is 2. The Morgan fingerprint density at radius 3 is 2.54 bits per heavy atom. The Labute approximate surface area is 139 Å². The number of phenols is 1. The zero-order chi connectivity index (χ0) is 17.3. The second-order valence-electron chi connectivity index (χ2n) is 5.43. The van der Waals surface area contributed by atoms with Crippen molar-refractivity contribution in [3.63, 3.8) is 0 Å². The summed E-state index contributed by atoms with van der Waals surface area (Å²) in [6.07, 6.45) is -0.973. The fourth-order valence-electron chi connectivity index (χ4n) is 2.33. The molecule has 1 aliphatic rings. The topological polar surface area (TPSA) is 78.9 Å². The Kier molecular flexibility index (Phi) is 3.95. The number of aromatic hydroxyl groups is 1. The number of urea groups is 1. The van der Waals surface area contributed by atoms with Crippen LogP contribution in [0.25, 0.3) is 11.1 Å². The first-order chi connectivity index (χ1) is 11.5. The number of carbonyl (C=O) groups excluding carboxylic acids is 2. The number of rotatable bonds is 4. The molecule has 6 heteroatoms. The normalized spacial score (nSPS) is 16.1. The summed E-state index contributed by atoms with van der Waals surface area (Å²) >= 11 is 0. The van der Waals surface area contributed by atoms with Crippen LogP contribution >= 0.6 is 0 Å². The lowest BCUT2D eigenvalue weighted by atomic mass is 10.0. The van der Waals surface area contributed by atoms with Gasteiger partial charge < -0.3 is 9.84 Å². The van der Waals surface area contributed by atoms with Gasteiger partial charge in [0.15, 0.2) is 0 Å². The first-order valence-electron chi connectivity index (χ1n) is 7.32. The highest BCUT2D eigenvalue weighted by atomic mass is 16.6. The monoisotopic (exact) mass is 324 g/mol. The van der Waals surface area contributed by atoms with E-state index < -0.39 is 18.4 Å². The number of amides is 2. The molecule has 1 fully saturated rings. The molecule has 0 aliphatic carbocycles. The number of hydrogen-bond acceptors (Lipinski definition) is 4. The summed E-state index contributed by atoms with van der Waals surface area (Å²) in [6.45, 7) is 5.01. The zero-order valence-electron chi connectivity index (χ0n) is 13.0. The highest BCUT2D eigenvalue weighted by molar-refractivity contribution is 6.01. The van der Waals surface area contributed by atoms with Crippen molar-refractivity contribution < 1.29 is 19.4 Å². The number of ether oxygens (including phenoxy) is 1. The SMILES string of the molecule is C=C(C)C(=O)OC1NC(=O)N1c1cc(-c2ccccc2)ccc1O. The van der Waals surface area contributed by atoms with Gasteiger partial charge in [-0.05, 0) is 30.2 Å². The third-order valence-corrected chi connectivity index (χ3v) is 3.61. The Morgan fingerprint density at radius 2 is 1.92 bits per heavy atom. The average Bonchev–Trinajstić information content (AvgIpc) is 2.56. The summed E-state index contributed by atoms with van der Waals surface area (Å²) < 4.78 is 5.13. The van der Waals surface area contributed by atoms with Gasteiger partial charge in [0.1, 0.15) is 5.75 Å². The minimum absolute atomic E-state index is 0.0825. The number of anilines is 1. The average molecular weight is 324 g/mol. The molecule has 24 heavy (non-hydrogen) atoms. The van der Waals surface area contributed by atoms with E-state index in [1.54, 1.807) is 12.1 Å². The Balaban J connectivity index is 1.91. The zero-order valence-corrected chi connectivity index (χ0v) is 13.0. The Bertz CT molecular complexity index is 817. The van der Waals surface area contributed by atoms with Crippen molar-refractivity contribution in [1.82, 2.24) is 5.32 Å². The smallest absolute Gasteiger partial charge is 0.336 e. The van der Waals surface area contributed by atoms with Crippen LogP contribution in [-0.4, -0.2) is 23.5 Å². The van der Waals surface area contributed by atoms with Gasteiger partial charge in [-0.1, -0.05) is 43.0 Å².